The van der Waals surface area contributed by atoms with Gasteiger partial charge in [0.1, 0.15) is 0 Å². The molecular weight excluding hydrogens is 424 g/mol. The molecule has 0 spiro atoms. The van der Waals surface area contributed by atoms with Crippen LogP contribution in [0.25, 0.3) is 0 Å². The third-order valence-electron chi connectivity index (χ3n) is 5.90. The van der Waals surface area contributed by atoms with Crippen molar-refractivity contribution in [2.75, 3.05) is 38.5 Å². The minimum absolute atomic E-state index is 0.185. The smallest absolute Gasteiger partial charge is 0.255 e. The summed E-state index contributed by atoms with van der Waals surface area (Å²) in [5.74, 6) is 1.15. The first-order valence-electron chi connectivity index (χ1n) is 10.2. The fourth-order valence-corrected chi connectivity index (χ4v) is 6.69. The standard InChI is InChI=1S/C22H27ClN2O2S2/c1-16-15-19-20(26)25(13-14-28-21(19)29-16)10-2-9-24-11-7-22(27,8-12-24)17-3-5-18(23)6-4-17/h3-6,15,27H,2,7-14H2,1H3. The highest BCUT2D eigenvalue weighted by molar-refractivity contribution is 8.01. The van der Waals surface area contributed by atoms with Gasteiger partial charge < -0.3 is 14.9 Å². The minimum Gasteiger partial charge on any atom is -0.385 e. The lowest BCUT2D eigenvalue weighted by Gasteiger charge is -2.38. The molecule has 1 fully saturated rings. The van der Waals surface area contributed by atoms with Gasteiger partial charge in [-0.1, -0.05) is 23.7 Å². The number of thioether (sulfide) groups is 1. The second-order valence-electron chi connectivity index (χ2n) is 7.93. The van der Waals surface area contributed by atoms with E-state index in [9.17, 15) is 9.90 Å². The van der Waals surface area contributed by atoms with Gasteiger partial charge in [0, 0.05) is 41.8 Å². The highest BCUT2D eigenvalue weighted by Gasteiger charge is 2.34. The van der Waals surface area contributed by atoms with Gasteiger partial charge in [0.25, 0.3) is 5.91 Å². The largest absolute Gasteiger partial charge is 0.385 e. The number of halogens is 1. The molecule has 0 saturated carbocycles. The predicted octanol–water partition coefficient (Wildman–Crippen LogP) is 4.63. The summed E-state index contributed by atoms with van der Waals surface area (Å²) in [6.45, 7) is 6.39. The Morgan fingerprint density at radius 2 is 1.86 bits per heavy atom. The molecule has 0 unspecified atom stereocenters. The van der Waals surface area contributed by atoms with E-state index in [-0.39, 0.29) is 5.91 Å². The van der Waals surface area contributed by atoms with Crippen LogP contribution < -0.4 is 0 Å². The lowest BCUT2D eigenvalue weighted by Crippen LogP contribution is -2.43. The van der Waals surface area contributed by atoms with Gasteiger partial charge in [-0.05, 0) is 56.5 Å². The van der Waals surface area contributed by atoms with Crippen LogP contribution in [0.15, 0.2) is 34.5 Å². The molecule has 0 aliphatic carbocycles. The molecule has 2 aromatic rings. The molecule has 2 aliphatic heterocycles. The molecule has 0 atom stereocenters. The van der Waals surface area contributed by atoms with Gasteiger partial charge in [0.15, 0.2) is 0 Å². The summed E-state index contributed by atoms with van der Waals surface area (Å²) in [6, 6.07) is 9.59. The number of thiophene rings is 1. The summed E-state index contributed by atoms with van der Waals surface area (Å²) in [5.41, 5.74) is 1.09. The molecular formula is C22H27ClN2O2S2. The Labute approximate surface area is 185 Å². The number of aliphatic hydroxyl groups is 1. The molecule has 29 heavy (non-hydrogen) atoms. The molecule has 1 aromatic heterocycles. The van der Waals surface area contributed by atoms with Crippen molar-refractivity contribution in [1.82, 2.24) is 9.80 Å². The number of amides is 1. The molecule has 7 heteroatoms. The van der Waals surface area contributed by atoms with E-state index in [2.05, 4.69) is 11.8 Å². The van der Waals surface area contributed by atoms with Crippen molar-refractivity contribution in [3.05, 3.63) is 51.4 Å². The van der Waals surface area contributed by atoms with E-state index in [1.807, 2.05) is 47.0 Å². The summed E-state index contributed by atoms with van der Waals surface area (Å²) in [4.78, 5) is 18.5. The van der Waals surface area contributed by atoms with Gasteiger partial charge in [-0.3, -0.25) is 4.79 Å². The second-order valence-corrected chi connectivity index (χ2v) is 11.0. The van der Waals surface area contributed by atoms with Gasteiger partial charge in [-0.2, -0.15) is 0 Å². The Kier molecular flexibility index (Phi) is 6.56. The zero-order valence-electron chi connectivity index (χ0n) is 16.7. The van der Waals surface area contributed by atoms with E-state index in [4.69, 9.17) is 11.6 Å². The van der Waals surface area contributed by atoms with Crippen LogP contribution in [0.4, 0.5) is 0 Å². The van der Waals surface area contributed by atoms with Crippen LogP contribution in [-0.4, -0.2) is 59.3 Å². The van der Waals surface area contributed by atoms with E-state index in [1.165, 1.54) is 9.09 Å². The van der Waals surface area contributed by atoms with Crippen molar-refractivity contribution in [2.24, 2.45) is 0 Å². The summed E-state index contributed by atoms with van der Waals surface area (Å²) in [5, 5.41) is 11.7. The third kappa shape index (κ3) is 4.83. The van der Waals surface area contributed by atoms with Crippen LogP contribution in [0.1, 0.15) is 40.1 Å². The molecule has 3 heterocycles. The molecule has 0 radical (unpaired) electrons. The van der Waals surface area contributed by atoms with E-state index in [0.717, 1.165) is 68.9 Å². The maximum absolute atomic E-state index is 12.9. The lowest BCUT2D eigenvalue weighted by atomic mass is 9.84. The summed E-state index contributed by atoms with van der Waals surface area (Å²) >= 11 is 9.51. The fourth-order valence-electron chi connectivity index (χ4n) is 4.16. The van der Waals surface area contributed by atoms with Crippen molar-refractivity contribution in [2.45, 2.75) is 36.0 Å². The van der Waals surface area contributed by atoms with Crippen LogP contribution in [0.3, 0.4) is 0 Å². The van der Waals surface area contributed by atoms with Gasteiger partial charge in [-0.25, -0.2) is 0 Å². The molecule has 1 aromatic carbocycles. The zero-order valence-corrected chi connectivity index (χ0v) is 19.1. The van der Waals surface area contributed by atoms with Crippen LogP contribution in [-0.2, 0) is 5.60 Å². The maximum atomic E-state index is 12.9. The van der Waals surface area contributed by atoms with Crippen molar-refractivity contribution in [3.63, 3.8) is 0 Å². The van der Waals surface area contributed by atoms with Crippen molar-refractivity contribution >= 4 is 40.6 Å². The average Bonchev–Trinajstić information content (AvgIpc) is 3.02. The number of carbonyl (C=O) groups excluding carboxylic acids is 1. The molecule has 2 aliphatic rings. The molecule has 4 nitrogen and oxygen atoms in total. The normalized spacial score (nSPS) is 19.8. The first-order valence-corrected chi connectivity index (χ1v) is 12.4. The monoisotopic (exact) mass is 450 g/mol. The first kappa shape index (κ1) is 21.2. The topological polar surface area (TPSA) is 43.8 Å². The SMILES string of the molecule is Cc1cc2c(s1)SCCN(CCCN1CCC(O)(c3ccc(Cl)cc3)CC1)C2=O. The van der Waals surface area contributed by atoms with Crippen LogP contribution >= 0.6 is 34.7 Å². The highest BCUT2D eigenvalue weighted by Crippen LogP contribution is 2.35. The number of fused-ring (bicyclic) bond motifs is 1. The Hall–Kier alpha value is -1.05. The van der Waals surface area contributed by atoms with E-state index >= 15 is 0 Å². The van der Waals surface area contributed by atoms with Crippen molar-refractivity contribution in [1.29, 1.82) is 0 Å². The summed E-state index contributed by atoms with van der Waals surface area (Å²) in [6.07, 6.45) is 2.42. The number of aryl methyl sites for hydroxylation is 1. The number of benzene rings is 1. The van der Waals surface area contributed by atoms with Crippen LogP contribution in [0, 0.1) is 6.92 Å². The van der Waals surface area contributed by atoms with Crippen LogP contribution in [0.2, 0.25) is 5.02 Å². The van der Waals surface area contributed by atoms with Gasteiger partial charge in [0.2, 0.25) is 0 Å². The second kappa shape index (κ2) is 8.98. The quantitative estimate of drug-likeness (QED) is 0.721. The fraction of sp³-hybridized carbons (Fsp3) is 0.500. The highest BCUT2D eigenvalue weighted by atomic mass is 35.5. The van der Waals surface area contributed by atoms with E-state index < -0.39 is 5.60 Å². The van der Waals surface area contributed by atoms with Gasteiger partial charge >= 0.3 is 0 Å². The number of hydrogen-bond donors (Lipinski definition) is 1. The van der Waals surface area contributed by atoms with Gasteiger partial charge in [-0.15, -0.1) is 23.1 Å². The minimum atomic E-state index is -0.758. The molecule has 0 bridgehead atoms. The maximum Gasteiger partial charge on any atom is 0.255 e. The Morgan fingerprint density at radius 3 is 2.59 bits per heavy atom. The van der Waals surface area contributed by atoms with Crippen molar-refractivity contribution < 1.29 is 9.90 Å². The molecule has 1 saturated heterocycles. The Bertz CT molecular complexity index is 860. The van der Waals surface area contributed by atoms with Crippen molar-refractivity contribution in [3.8, 4) is 0 Å². The predicted molar refractivity (Wildman–Crippen MR) is 121 cm³/mol. The summed E-state index contributed by atoms with van der Waals surface area (Å²) in [7, 11) is 0. The number of piperidine rings is 1. The average molecular weight is 451 g/mol. The molecule has 1 N–H and O–H groups in total. The van der Waals surface area contributed by atoms with E-state index in [0.29, 0.717) is 5.02 Å². The molecule has 4 rings (SSSR count). The Balaban J connectivity index is 1.27. The third-order valence-corrected chi connectivity index (χ3v) is 8.47. The number of carbonyl (C=O) groups is 1. The Morgan fingerprint density at radius 1 is 1.14 bits per heavy atom. The number of hydrogen-bond acceptors (Lipinski definition) is 5. The van der Waals surface area contributed by atoms with Crippen LogP contribution in [0.5, 0.6) is 0 Å². The number of nitrogens with zero attached hydrogens (tertiary/aromatic N) is 2. The summed E-state index contributed by atoms with van der Waals surface area (Å²) < 4.78 is 1.17. The first-order chi connectivity index (χ1) is 13.9. The van der Waals surface area contributed by atoms with E-state index in [1.54, 1.807) is 11.3 Å². The molecule has 1 amide bonds. The lowest BCUT2D eigenvalue weighted by molar-refractivity contribution is -0.0262. The molecule has 156 valence electrons. The number of likely N-dealkylation sites (tertiary alicyclic amines) is 1. The number of rotatable bonds is 5. The van der Waals surface area contributed by atoms with Gasteiger partial charge in [0.05, 0.1) is 15.4 Å². The zero-order chi connectivity index (χ0) is 20.4.